The Labute approximate surface area is 273 Å². The minimum absolute atomic E-state index is 0.0681. The molecule has 4 heterocycles. The molecule has 0 unspecified atom stereocenters. The summed E-state index contributed by atoms with van der Waals surface area (Å²) in [5.41, 5.74) is 0.00230. The van der Waals surface area contributed by atoms with Crippen molar-refractivity contribution < 1.29 is 38.5 Å². The first-order valence-electron chi connectivity index (χ1n) is 15.3. The molecule has 1 saturated heterocycles. The van der Waals surface area contributed by atoms with E-state index < -0.39 is 44.8 Å². The second-order valence-electron chi connectivity index (χ2n) is 12.7. The van der Waals surface area contributed by atoms with Crippen molar-refractivity contribution in [1.29, 1.82) is 0 Å². The zero-order valence-corrected chi connectivity index (χ0v) is 28.0. The number of rotatable bonds is 7. The molecule has 2 aliphatic heterocycles. The minimum Gasteiger partial charge on any atom is -0.444 e. The van der Waals surface area contributed by atoms with Crippen LogP contribution in [-0.2, 0) is 27.2 Å². The Morgan fingerprint density at radius 1 is 1.08 bits per heavy atom. The van der Waals surface area contributed by atoms with Crippen molar-refractivity contribution in [2.45, 2.75) is 64.5 Å². The fourth-order valence-electron chi connectivity index (χ4n) is 5.58. The van der Waals surface area contributed by atoms with Crippen molar-refractivity contribution in [3.8, 4) is 0 Å². The molecular formula is C30H38F5N7O5S. The summed E-state index contributed by atoms with van der Waals surface area (Å²) in [6, 6.07) is 1.32. The van der Waals surface area contributed by atoms with Gasteiger partial charge in [-0.05, 0) is 69.9 Å². The third kappa shape index (κ3) is 7.59. The van der Waals surface area contributed by atoms with E-state index in [1.165, 1.54) is 11.5 Å². The molecule has 2 amide bonds. The van der Waals surface area contributed by atoms with Crippen molar-refractivity contribution in [3.63, 3.8) is 0 Å². The molecule has 0 spiro atoms. The number of carbonyl (C=O) groups is 2. The predicted octanol–water partition coefficient (Wildman–Crippen LogP) is 5.92. The summed E-state index contributed by atoms with van der Waals surface area (Å²) in [4.78, 5) is 46.1. The normalized spacial score (nSPS) is 17.5. The van der Waals surface area contributed by atoms with Crippen LogP contribution in [0, 0.1) is 6.92 Å². The Morgan fingerprint density at radius 3 is 2.33 bits per heavy atom. The molecule has 12 nitrogen and oxygen atoms in total. The number of hydrogen-bond acceptors (Lipinski definition) is 8. The van der Waals surface area contributed by atoms with Crippen LogP contribution in [-0.4, -0.2) is 81.1 Å². The van der Waals surface area contributed by atoms with Crippen molar-refractivity contribution in [2.75, 3.05) is 49.6 Å². The van der Waals surface area contributed by atoms with Crippen molar-refractivity contribution >= 4 is 44.9 Å². The Kier molecular flexibility index (Phi) is 8.60. The van der Waals surface area contributed by atoms with Gasteiger partial charge in [0.1, 0.15) is 22.7 Å². The molecule has 264 valence electrons. The maximum Gasteiger partial charge on any atom is 0.410 e. The lowest BCUT2D eigenvalue weighted by molar-refractivity contribution is -0.116. The highest BCUT2D eigenvalue weighted by molar-refractivity contribution is 8.45. The third-order valence-electron chi connectivity index (χ3n) is 7.88. The van der Waals surface area contributed by atoms with Gasteiger partial charge in [0.25, 0.3) is 5.56 Å². The number of piperazine rings is 1. The van der Waals surface area contributed by atoms with Gasteiger partial charge in [0, 0.05) is 31.9 Å². The standard InChI is InChI=1S/C30H38F5N7O5S/c1-6-23-25(39-11-13-40(14-12-39)29(45)47-30(3,4)5)27(44)42-28(37-26(38-42)20-9-15-46-16-10-20)41(23)18-24(43)36-22-8-7-21(17-19(22)2)48(31,32,33,34)35/h7-9,17H,6,10-16,18H2,1-5H3,(H,36,43). The summed E-state index contributed by atoms with van der Waals surface area (Å²) >= 11 is 0. The highest BCUT2D eigenvalue weighted by Gasteiger charge is 2.65. The van der Waals surface area contributed by atoms with E-state index in [1.54, 1.807) is 38.7 Å². The average molecular weight is 704 g/mol. The number of amides is 2. The second kappa shape index (κ2) is 11.7. The molecule has 3 aromatic rings. The lowest BCUT2D eigenvalue weighted by Crippen LogP contribution is -2.51. The SMILES string of the molecule is CCc1c(N2CCN(C(=O)OC(C)(C)C)CC2)c(=O)n2nc(C3=CCOCC3)nc2n1CC(=O)Nc1ccc(S(F)(F)(F)(F)F)cc1C. The van der Waals surface area contributed by atoms with E-state index >= 15 is 0 Å². The Hall–Kier alpha value is -4.19. The number of nitrogens with one attached hydrogen (secondary N) is 1. The topological polar surface area (TPSA) is 123 Å². The van der Waals surface area contributed by atoms with Gasteiger partial charge in [-0.1, -0.05) is 32.4 Å². The van der Waals surface area contributed by atoms with E-state index in [0.717, 1.165) is 16.2 Å². The average Bonchev–Trinajstić information content (AvgIpc) is 3.44. The third-order valence-corrected chi connectivity index (χ3v) is 9.02. The smallest absolute Gasteiger partial charge is 0.410 e. The quantitative estimate of drug-likeness (QED) is 0.301. The van der Waals surface area contributed by atoms with E-state index in [4.69, 9.17) is 9.47 Å². The van der Waals surface area contributed by atoms with Crippen molar-refractivity contribution in [1.82, 2.24) is 24.1 Å². The number of anilines is 2. The van der Waals surface area contributed by atoms with Crippen LogP contribution >= 0.6 is 10.2 Å². The van der Waals surface area contributed by atoms with Crippen LogP contribution in [0.5, 0.6) is 0 Å². The summed E-state index contributed by atoms with van der Waals surface area (Å²) in [6.45, 7) is 9.70. The van der Waals surface area contributed by atoms with Crippen LogP contribution in [0.1, 0.15) is 51.2 Å². The van der Waals surface area contributed by atoms with Gasteiger partial charge in [0.05, 0.1) is 18.9 Å². The van der Waals surface area contributed by atoms with Crippen LogP contribution in [0.25, 0.3) is 11.4 Å². The van der Waals surface area contributed by atoms with Crippen LogP contribution in [0.15, 0.2) is 34.0 Å². The van der Waals surface area contributed by atoms with E-state index in [0.29, 0.717) is 31.4 Å². The van der Waals surface area contributed by atoms with Gasteiger partial charge in [0.2, 0.25) is 11.7 Å². The molecule has 1 N–H and O–H groups in total. The molecule has 1 fully saturated rings. The Balaban J connectivity index is 1.51. The van der Waals surface area contributed by atoms with Gasteiger partial charge >= 0.3 is 16.3 Å². The molecule has 5 rings (SSSR count). The number of hydrogen-bond donors (Lipinski definition) is 1. The van der Waals surface area contributed by atoms with E-state index in [-0.39, 0.29) is 67.2 Å². The summed E-state index contributed by atoms with van der Waals surface area (Å²) in [5, 5.41) is 7.00. The Morgan fingerprint density at radius 2 is 1.77 bits per heavy atom. The molecule has 0 bridgehead atoms. The van der Waals surface area contributed by atoms with Crippen LogP contribution in [0.2, 0.25) is 0 Å². The maximum absolute atomic E-state index is 14.1. The van der Waals surface area contributed by atoms with Gasteiger partial charge < -0.3 is 29.2 Å². The van der Waals surface area contributed by atoms with Gasteiger partial charge in [-0.25, -0.2) is 4.79 Å². The summed E-state index contributed by atoms with van der Waals surface area (Å²) < 4.78 is 80.3. The Bertz CT molecular complexity index is 1860. The zero-order chi connectivity index (χ0) is 35.3. The predicted molar refractivity (Wildman–Crippen MR) is 171 cm³/mol. The lowest BCUT2D eigenvalue weighted by Gasteiger charge is -2.40. The number of carbonyl (C=O) groups excluding carboxylic acids is 2. The summed E-state index contributed by atoms with van der Waals surface area (Å²) in [7, 11) is -9.92. The van der Waals surface area contributed by atoms with Crippen molar-refractivity contribution in [2.24, 2.45) is 0 Å². The van der Waals surface area contributed by atoms with Gasteiger partial charge in [-0.3, -0.25) is 9.59 Å². The van der Waals surface area contributed by atoms with Gasteiger partial charge in [-0.15, -0.1) is 5.10 Å². The number of halogens is 5. The largest absolute Gasteiger partial charge is 0.444 e. The molecule has 1 aromatic carbocycles. The van der Waals surface area contributed by atoms with Crippen LogP contribution in [0.4, 0.5) is 35.6 Å². The fourth-order valence-corrected chi connectivity index (χ4v) is 6.31. The number of aryl methyl sites for hydroxylation is 1. The van der Waals surface area contributed by atoms with Gasteiger partial charge in [0.15, 0.2) is 5.82 Å². The highest BCUT2D eigenvalue weighted by Crippen LogP contribution is 3.02. The molecule has 18 heteroatoms. The monoisotopic (exact) mass is 703 g/mol. The number of benzene rings is 1. The van der Waals surface area contributed by atoms with Crippen molar-refractivity contribution in [3.05, 3.63) is 51.7 Å². The second-order valence-corrected chi connectivity index (χ2v) is 15.1. The zero-order valence-electron chi connectivity index (χ0n) is 27.2. The van der Waals surface area contributed by atoms with E-state index in [9.17, 15) is 33.8 Å². The molecular weight excluding hydrogens is 665 g/mol. The van der Waals surface area contributed by atoms with Crippen LogP contribution in [0.3, 0.4) is 0 Å². The molecule has 2 aliphatic rings. The molecule has 0 saturated carbocycles. The number of fused-ring (bicyclic) bond motifs is 1. The highest BCUT2D eigenvalue weighted by atomic mass is 32.5. The number of nitrogens with zero attached hydrogens (tertiary/aromatic N) is 6. The maximum atomic E-state index is 14.1. The first kappa shape index (κ1) is 35.1. The van der Waals surface area contributed by atoms with E-state index in [1.807, 2.05) is 4.90 Å². The minimum atomic E-state index is -9.92. The first-order chi connectivity index (χ1) is 22.1. The van der Waals surface area contributed by atoms with E-state index in [2.05, 4.69) is 15.4 Å². The fraction of sp³-hybridized carbons (Fsp3) is 0.500. The summed E-state index contributed by atoms with van der Waals surface area (Å²) in [5.74, 6) is -0.353. The first-order valence-corrected chi connectivity index (χ1v) is 17.3. The molecule has 2 aromatic heterocycles. The molecule has 0 aliphatic carbocycles. The molecule has 48 heavy (non-hydrogen) atoms. The number of aromatic nitrogens is 4. The number of ether oxygens (including phenoxy) is 2. The van der Waals surface area contributed by atoms with Crippen LogP contribution < -0.4 is 15.8 Å². The molecule has 0 radical (unpaired) electrons. The lowest BCUT2D eigenvalue weighted by atomic mass is 10.1. The molecule has 0 atom stereocenters. The summed E-state index contributed by atoms with van der Waals surface area (Å²) in [6.07, 6.45) is 2.10. The van der Waals surface area contributed by atoms with Gasteiger partial charge in [-0.2, -0.15) is 9.50 Å².